The van der Waals surface area contributed by atoms with Crippen molar-refractivity contribution in [3.8, 4) is 0 Å². The minimum atomic E-state index is -4.15. The lowest BCUT2D eigenvalue weighted by Gasteiger charge is -2.36. The fourth-order valence-corrected chi connectivity index (χ4v) is 3.22. The van der Waals surface area contributed by atoms with Crippen LogP contribution in [0.4, 0.5) is 13.2 Å². The molecule has 1 fully saturated rings. The number of rotatable bonds is 4. The van der Waals surface area contributed by atoms with Gasteiger partial charge in [-0.3, -0.25) is 4.90 Å². The summed E-state index contributed by atoms with van der Waals surface area (Å²) < 4.78 is 38.6. The number of alkyl halides is 3. The molecular formula is C14H19BrCl3F3N2. The molecule has 134 valence electrons. The maximum atomic E-state index is 12.6. The number of nitrogens with one attached hydrogen (secondary N) is 1. The zero-order valence-corrected chi connectivity index (χ0v) is 16.2. The number of nitrogens with zero attached hydrogens (tertiary/aromatic N) is 1. The number of hydrogen-bond donors (Lipinski definition) is 1. The molecule has 1 N–H and O–H groups in total. The third-order valence-corrected chi connectivity index (χ3v) is 4.45. The van der Waals surface area contributed by atoms with E-state index in [1.165, 1.54) is 0 Å². The Kier molecular flexibility index (Phi) is 10.4. The quantitative estimate of drug-likeness (QED) is 0.664. The Labute approximate surface area is 160 Å². The lowest BCUT2D eigenvalue weighted by molar-refractivity contribution is -0.138. The summed E-state index contributed by atoms with van der Waals surface area (Å²) in [5, 5.41) is 3.73. The molecule has 1 aromatic rings. The molecule has 2 nitrogen and oxygen atoms in total. The third kappa shape index (κ3) is 7.36. The molecule has 9 heteroatoms. The highest BCUT2D eigenvalue weighted by Gasteiger charge is 2.32. The Balaban J connectivity index is 0.00000242. The van der Waals surface area contributed by atoms with E-state index in [4.69, 9.17) is 11.6 Å². The van der Waals surface area contributed by atoms with Gasteiger partial charge in [-0.25, -0.2) is 0 Å². The van der Waals surface area contributed by atoms with E-state index in [1.807, 2.05) is 6.07 Å². The topological polar surface area (TPSA) is 15.3 Å². The van der Waals surface area contributed by atoms with Crippen LogP contribution in [0.25, 0.3) is 0 Å². The van der Waals surface area contributed by atoms with Gasteiger partial charge in [0.25, 0.3) is 0 Å². The first-order chi connectivity index (χ1) is 9.87. The van der Waals surface area contributed by atoms with Crippen molar-refractivity contribution >= 4 is 52.3 Å². The number of halogens is 7. The van der Waals surface area contributed by atoms with Crippen molar-refractivity contribution in [2.75, 3.05) is 26.2 Å². The van der Waals surface area contributed by atoms with Crippen LogP contribution in [0, 0.1) is 0 Å². The van der Waals surface area contributed by atoms with E-state index in [9.17, 15) is 13.2 Å². The van der Waals surface area contributed by atoms with Crippen LogP contribution >= 0.6 is 52.3 Å². The molecule has 0 radical (unpaired) electrons. The Hall–Kier alpha value is 0.280. The van der Waals surface area contributed by atoms with Crippen LogP contribution in [0.3, 0.4) is 0 Å². The first kappa shape index (κ1) is 23.3. The summed E-state index contributed by atoms with van der Waals surface area (Å²) in [7, 11) is 0. The second kappa shape index (κ2) is 10.3. The van der Waals surface area contributed by atoms with Crippen LogP contribution in [0.15, 0.2) is 22.7 Å². The highest BCUT2D eigenvalue weighted by molar-refractivity contribution is 9.10. The Morgan fingerprint density at radius 1 is 1.22 bits per heavy atom. The Morgan fingerprint density at radius 2 is 1.83 bits per heavy atom. The van der Waals surface area contributed by atoms with E-state index in [0.29, 0.717) is 5.02 Å². The van der Waals surface area contributed by atoms with Crippen LogP contribution in [0.5, 0.6) is 0 Å². The minimum absolute atomic E-state index is 0. The largest absolute Gasteiger partial charge is 0.389 e. The van der Waals surface area contributed by atoms with Gasteiger partial charge in [-0.1, -0.05) is 27.5 Å². The van der Waals surface area contributed by atoms with E-state index in [1.54, 1.807) is 12.1 Å². The van der Waals surface area contributed by atoms with Gasteiger partial charge in [-0.15, -0.1) is 24.8 Å². The van der Waals surface area contributed by atoms with Crippen LogP contribution in [-0.2, 0) is 0 Å². The average molecular weight is 459 g/mol. The Bertz CT molecular complexity index is 483. The molecule has 1 atom stereocenters. The average Bonchev–Trinajstić information content (AvgIpc) is 2.43. The first-order valence-corrected chi connectivity index (χ1v) is 8.00. The van der Waals surface area contributed by atoms with Crippen molar-refractivity contribution in [3.63, 3.8) is 0 Å². The second-order valence-corrected chi connectivity index (χ2v) is 6.44. The first-order valence-electron chi connectivity index (χ1n) is 6.83. The fraction of sp³-hybridized carbons (Fsp3) is 0.571. The zero-order chi connectivity index (χ0) is 15.5. The molecule has 1 aliphatic heterocycles. The summed E-state index contributed by atoms with van der Waals surface area (Å²) in [4.78, 5) is 2.08. The van der Waals surface area contributed by atoms with Crippen LogP contribution < -0.4 is 5.32 Å². The van der Waals surface area contributed by atoms with Crippen LogP contribution in [0.1, 0.15) is 24.4 Å². The standard InChI is InChI=1S/C14H17BrClF3N2.2ClH/c15-10-1-2-12(16)11(9-10)13(3-4-14(17,18)19)21-7-5-20-6-8-21;;/h1-2,9,13,20H,3-8H2;2*1H/t13-;;/m0../s1. The molecule has 1 aromatic carbocycles. The fourth-order valence-electron chi connectivity index (χ4n) is 2.60. The van der Waals surface area contributed by atoms with Crippen molar-refractivity contribution in [1.29, 1.82) is 0 Å². The van der Waals surface area contributed by atoms with Crippen LogP contribution in [-0.4, -0.2) is 37.3 Å². The molecule has 1 aliphatic rings. The van der Waals surface area contributed by atoms with Crippen molar-refractivity contribution in [3.05, 3.63) is 33.3 Å². The molecule has 0 aliphatic carbocycles. The molecule has 0 bridgehead atoms. The van der Waals surface area contributed by atoms with Gasteiger partial charge < -0.3 is 5.32 Å². The molecule has 1 heterocycles. The molecule has 0 amide bonds. The third-order valence-electron chi connectivity index (χ3n) is 3.61. The Morgan fingerprint density at radius 3 is 2.39 bits per heavy atom. The molecule has 0 saturated carbocycles. The normalized spacial score (nSPS) is 17.1. The van der Waals surface area contributed by atoms with Gasteiger partial charge in [0.15, 0.2) is 0 Å². The van der Waals surface area contributed by atoms with Gasteiger partial charge in [0.1, 0.15) is 0 Å². The monoisotopic (exact) mass is 456 g/mol. The predicted octanol–water partition coefficient (Wildman–Crippen LogP) is 5.23. The number of hydrogen-bond acceptors (Lipinski definition) is 2. The minimum Gasteiger partial charge on any atom is -0.314 e. The van der Waals surface area contributed by atoms with Crippen molar-refractivity contribution in [2.24, 2.45) is 0 Å². The lowest BCUT2D eigenvalue weighted by Crippen LogP contribution is -2.45. The number of piperazine rings is 1. The number of benzene rings is 1. The van der Waals surface area contributed by atoms with Gasteiger partial charge >= 0.3 is 6.18 Å². The van der Waals surface area contributed by atoms with E-state index in [-0.39, 0.29) is 37.3 Å². The van der Waals surface area contributed by atoms with Crippen molar-refractivity contribution in [1.82, 2.24) is 10.2 Å². The lowest BCUT2D eigenvalue weighted by atomic mass is 9.99. The van der Waals surface area contributed by atoms with E-state index >= 15 is 0 Å². The molecular weight excluding hydrogens is 439 g/mol. The zero-order valence-electron chi connectivity index (χ0n) is 12.2. The summed E-state index contributed by atoms with van der Waals surface area (Å²) in [6, 6.07) is 5.04. The summed E-state index contributed by atoms with van der Waals surface area (Å²) in [6.45, 7) is 3.03. The molecule has 23 heavy (non-hydrogen) atoms. The second-order valence-electron chi connectivity index (χ2n) is 5.12. The summed E-state index contributed by atoms with van der Waals surface area (Å²) in [5.74, 6) is 0. The summed E-state index contributed by atoms with van der Waals surface area (Å²) >= 11 is 9.58. The molecule has 0 unspecified atom stereocenters. The van der Waals surface area contributed by atoms with E-state index < -0.39 is 12.6 Å². The van der Waals surface area contributed by atoms with Crippen LogP contribution in [0.2, 0.25) is 5.02 Å². The highest BCUT2D eigenvalue weighted by atomic mass is 79.9. The summed E-state index contributed by atoms with van der Waals surface area (Å²) in [6.07, 6.45) is -4.92. The van der Waals surface area contributed by atoms with Gasteiger partial charge in [0.05, 0.1) is 0 Å². The van der Waals surface area contributed by atoms with Crippen molar-refractivity contribution < 1.29 is 13.2 Å². The smallest absolute Gasteiger partial charge is 0.314 e. The molecule has 1 saturated heterocycles. The van der Waals surface area contributed by atoms with Crippen molar-refractivity contribution in [2.45, 2.75) is 25.1 Å². The highest BCUT2D eigenvalue weighted by Crippen LogP contribution is 2.36. The van der Waals surface area contributed by atoms with Gasteiger partial charge in [0, 0.05) is 48.1 Å². The van der Waals surface area contributed by atoms with E-state index in [2.05, 4.69) is 26.1 Å². The molecule has 2 rings (SSSR count). The van der Waals surface area contributed by atoms with Gasteiger partial charge in [-0.05, 0) is 30.2 Å². The molecule has 0 spiro atoms. The maximum absolute atomic E-state index is 12.6. The van der Waals surface area contributed by atoms with Gasteiger partial charge in [0.2, 0.25) is 0 Å². The predicted molar refractivity (Wildman–Crippen MR) is 96.1 cm³/mol. The summed E-state index contributed by atoms with van der Waals surface area (Å²) in [5.41, 5.74) is 0.761. The van der Waals surface area contributed by atoms with Gasteiger partial charge in [-0.2, -0.15) is 13.2 Å². The molecule has 0 aromatic heterocycles. The van der Waals surface area contributed by atoms with E-state index in [0.717, 1.165) is 36.2 Å². The SMILES string of the molecule is Cl.Cl.FC(F)(F)CC[C@@H](c1cc(Br)ccc1Cl)N1CCNCC1. The maximum Gasteiger partial charge on any atom is 0.389 e.